The molecule has 0 radical (unpaired) electrons. The summed E-state index contributed by atoms with van der Waals surface area (Å²) in [4.78, 5) is 26.0. The predicted molar refractivity (Wildman–Crippen MR) is 245 cm³/mol. The molecule has 0 aliphatic rings. The number of carbonyl (C=O) groups is 2. The Bertz CT molecular complexity index is 1070. The van der Waals surface area contributed by atoms with Gasteiger partial charge < -0.3 is 20.3 Å². The molecule has 0 rings (SSSR count). The average Bonchev–Trinajstić information content (AvgIpc) is 3.20. The fraction of sp³-hybridized carbons (Fsp3) is 0.725. The normalized spacial score (nSPS) is 14.0. The van der Waals surface area contributed by atoms with Gasteiger partial charge in [0.05, 0.1) is 25.2 Å². The van der Waals surface area contributed by atoms with Crippen LogP contribution in [0.25, 0.3) is 0 Å². The summed E-state index contributed by atoms with van der Waals surface area (Å²) in [6.45, 7) is 6.30. The highest BCUT2D eigenvalue weighted by molar-refractivity contribution is 5.77. The number of nitrogens with one attached hydrogen (secondary N) is 1. The first-order chi connectivity index (χ1) is 28.0. The fourth-order valence-corrected chi connectivity index (χ4v) is 6.76. The minimum atomic E-state index is -0.797. The van der Waals surface area contributed by atoms with E-state index in [-0.39, 0.29) is 24.9 Å². The summed E-state index contributed by atoms with van der Waals surface area (Å²) < 4.78 is 5.87. The van der Waals surface area contributed by atoms with Gasteiger partial charge in [-0.3, -0.25) is 9.59 Å². The molecule has 0 saturated carbocycles. The lowest BCUT2D eigenvalue weighted by Crippen LogP contribution is -2.46. The standard InChI is InChI=1S/C51H89NO5/c1-4-7-10-13-16-19-21-23-24-25-26-27-28-30-32-35-38-41-44-51(56)57-47(42-39-36-33-18-15-12-9-6-3)45-50(55)52-48(46-53)49(54)43-40-37-34-31-29-22-20-17-14-11-8-5-2/h10,12-13,15-16,19,21,23-27,47-49,53-54H,4-9,11,14,17-18,20,22,28-46H2,1-3H3,(H,52,55)/b13-10+,15-12-,19-16+,23-21+,25-24+,27-26+. The number of ether oxygens (including phenoxy) is 1. The van der Waals surface area contributed by atoms with Crippen LogP contribution in [0, 0.1) is 0 Å². The van der Waals surface area contributed by atoms with Crippen molar-refractivity contribution >= 4 is 11.9 Å². The van der Waals surface area contributed by atoms with E-state index in [0.29, 0.717) is 19.3 Å². The second-order valence-corrected chi connectivity index (χ2v) is 15.9. The van der Waals surface area contributed by atoms with Crippen LogP contribution < -0.4 is 5.32 Å². The summed E-state index contributed by atoms with van der Waals surface area (Å²) in [7, 11) is 0. The molecule has 0 heterocycles. The van der Waals surface area contributed by atoms with Gasteiger partial charge in [0.15, 0.2) is 0 Å². The Labute approximate surface area is 351 Å². The second-order valence-electron chi connectivity index (χ2n) is 15.9. The molecule has 0 aromatic rings. The number of carbonyl (C=O) groups excluding carboxylic acids is 2. The molecule has 0 bridgehead atoms. The molecule has 3 N–H and O–H groups in total. The minimum absolute atomic E-state index is 0.0523. The van der Waals surface area contributed by atoms with E-state index in [9.17, 15) is 19.8 Å². The topological polar surface area (TPSA) is 95.9 Å². The van der Waals surface area contributed by atoms with Gasteiger partial charge in [-0.2, -0.15) is 0 Å². The third-order valence-electron chi connectivity index (χ3n) is 10.3. The largest absolute Gasteiger partial charge is 0.462 e. The van der Waals surface area contributed by atoms with Crippen molar-refractivity contribution in [1.82, 2.24) is 5.32 Å². The Hall–Kier alpha value is -2.70. The van der Waals surface area contributed by atoms with Gasteiger partial charge >= 0.3 is 5.97 Å². The highest BCUT2D eigenvalue weighted by atomic mass is 16.5. The summed E-state index contributed by atoms with van der Waals surface area (Å²) in [6.07, 6.45) is 55.3. The van der Waals surface area contributed by atoms with Gasteiger partial charge in [0, 0.05) is 6.42 Å². The minimum Gasteiger partial charge on any atom is -0.462 e. The Balaban J connectivity index is 4.53. The molecule has 3 atom stereocenters. The van der Waals surface area contributed by atoms with Gasteiger partial charge in [0.1, 0.15) is 6.10 Å². The molecule has 3 unspecified atom stereocenters. The Morgan fingerprint density at radius 3 is 1.53 bits per heavy atom. The third kappa shape index (κ3) is 39.9. The van der Waals surface area contributed by atoms with Crippen LogP contribution in [0.4, 0.5) is 0 Å². The molecule has 0 fully saturated rings. The maximum atomic E-state index is 13.1. The molecule has 0 spiro atoms. The SMILES string of the molecule is CCC/C=C\CCCCCC(CC(=O)NC(CO)C(O)CCCCCCCCCCCCCC)OC(=O)CCCCCCC/C=C/C=C/C=C/C=C/C=C/CCC. The Morgan fingerprint density at radius 1 is 0.509 bits per heavy atom. The molecule has 328 valence electrons. The number of hydrogen-bond donors (Lipinski definition) is 3. The van der Waals surface area contributed by atoms with E-state index >= 15 is 0 Å². The van der Waals surface area contributed by atoms with Crippen molar-refractivity contribution in [3.8, 4) is 0 Å². The molecule has 0 aliphatic heterocycles. The van der Waals surface area contributed by atoms with Crippen molar-refractivity contribution in [2.45, 2.75) is 232 Å². The number of aliphatic hydroxyl groups excluding tert-OH is 2. The quantitative estimate of drug-likeness (QED) is 0.0248. The highest BCUT2D eigenvalue weighted by Crippen LogP contribution is 2.17. The number of allylic oxidation sites excluding steroid dienone is 12. The van der Waals surface area contributed by atoms with Gasteiger partial charge in [0.2, 0.25) is 5.91 Å². The summed E-state index contributed by atoms with van der Waals surface area (Å²) in [6, 6.07) is -0.712. The van der Waals surface area contributed by atoms with Crippen molar-refractivity contribution in [3.05, 3.63) is 72.9 Å². The Kier molecular flexibility index (Phi) is 42.3. The summed E-state index contributed by atoms with van der Waals surface area (Å²) in [5.74, 6) is -0.527. The zero-order valence-corrected chi connectivity index (χ0v) is 37.2. The van der Waals surface area contributed by atoms with Crippen LogP contribution in [-0.2, 0) is 14.3 Å². The molecule has 57 heavy (non-hydrogen) atoms. The molecular formula is C51H89NO5. The summed E-state index contributed by atoms with van der Waals surface area (Å²) in [5, 5.41) is 23.6. The smallest absolute Gasteiger partial charge is 0.306 e. The molecule has 0 saturated heterocycles. The van der Waals surface area contributed by atoms with E-state index in [0.717, 1.165) is 103 Å². The van der Waals surface area contributed by atoms with Gasteiger partial charge in [-0.1, -0.05) is 209 Å². The molecular weight excluding hydrogens is 707 g/mol. The van der Waals surface area contributed by atoms with Crippen LogP contribution in [0.5, 0.6) is 0 Å². The van der Waals surface area contributed by atoms with E-state index in [4.69, 9.17) is 4.74 Å². The van der Waals surface area contributed by atoms with Crippen LogP contribution in [-0.4, -0.2) is 46.9 Å². The Morgan fingerprint density at radius 2 is 0.947 bits per heavy atom. The molecule has 6 heteroatoms. The van der Waals surface area contributed by atoms with Crippen LogP contribution in [0.2, 0.25) is 0 Å². The van der Waals surface area contributed by atoms with E-state index in [1.165, 1.54) is 64.2 Å². The lowest BCUT2D eigenvalue weighted by molar-refractivity contribution is -0.151. The second kappa shape index (κ2) is 44.4. The number of amides is 1. The monoisotopic (exact) mass is 796 g/mol. The molecule has 6 nitrogen and oxygen atoms in total. The van der Waals surface area contributed by atoms with Crippen molar-refractivity contribution in [2.75, 3.05) is 6.61 Å². The van der Waals surface area contributed by atoms with E-state index in [2.05, 4.69) is 74.7 Å². The zero-order chi connectivity index (χ0) is 41.7. The predicted octanol–water partition coefficient (Wildman–Crippen LogP) is 13.8. The maximum absolute atomic E-state index is 13.1. The van der Waals surface area contributed by atoms with Gasteiger partial charge in [-0.15, -0.1) is 0 Å². The summed E-state index contributed by atoms with van der Waals surface area (Å²) >= 11 is 0. The van der Waals surface area contributed by atoms with E-state index in [1.54, 1.807) is 0 Å². The molecule has 0 aliphatic carbocycles. The van der Waals surface area contributed by atoms with Crippen molar-refractivity contribution in [3.63, 3.8) is 0 Å². The number of aliphatic hydroxyl groups is 2. The number of rotatable bonds is 41. The first kappa shape index (κ1) is 54.3. The van der Waals surface area contributed by atoms with Crippen molar-refractivity contribution in [1.29, 1.82) is 0 Å². The highest BCUT2D eigenvalue weighted by Gasteiger charge is 2.24. The maximum Gasteiger partial charge on any atom is 0.306 e. The fourth-order valence-electron chi connectivity index (χ4n) is 6.76. The molecule has 1 amide bonds. The third-order valence-corrected chi connectivity index (χ3v) is 10.3. The average molecular weight is 796 g/mol. The van der Waals surface area contributed by atoms with Crippen LogP contribution in [0.15, 0.2) is 72.9 Å². The van der Waals surface area contributed by atoms with E-state index in [1.807, 2.05) is 24.3 Å². The number of unbranched alkanes of at least 4 members (excludes halogenated alkanes) is 21. The van der Waals surface area contributed by atoms with Crippen LogP contribution in [0.3, 0.4) is 0 Å². The zero-order valence-electron chi connectivity index (χ0n) is 37.2. The number of esters is 1. The first-order valence-electron chi connectivity index (χ1n) is 23.7. The van der Waals surface area contributed by atoms with Gasteiger partial charge in [-0.05, 0) is 64.2 Å². The van der Waals surface area contributed by atoms with E-state index < -0.39 is 18.2 Å². The summed E-state index contributed by atoms with van der Waals surface area (Å²) in [5.41, 5.74) is 0. The van der Waals surface area contributed by atoms with Gasteiger partial charge in [-0.25, -0.2) is 0 Å². The van der Waals surface area contributed by atoms with Crippen molar-refractivity contribution in [2.24, 2.45) is 0 Å². The van der Waals surface area contributed by atoms with Gasteiger partial charge in [0.25, 0.3) is 0 Å². The molecule has 0 aromatic carbocycles. The lowest BCUT2D eigenvalue weighted by atomic mass is 10.0. The van der Waals surface area contributed by atoms with Crippen LogP contribution >= 0.6 is 0 Å². The van der Waals surface area contributed by atoms with Crippen molar-refractivity contribution < 1.29 is 24.5 Å². The first-order valence-corrected chi connectivity index (χ1v) is 23.7. The number of hydrogen-bond acceptors (Lipinski definition) is 5. The lowest BCUT2D eigenvalue weighted by Gasteiger charge is -2.24. The van der Waals surface area contributed by atoms with Crippen LogP contribution in [0.1, 0.15) is 213 Å². The molecule has 0 aromatic heterocycles.